The Morgan fingerprint density at radius 3 is 2.72 bits per heavy atom. The molecule has 0 fully saturated rings. The van der Waals surface area contributed by atoms with E-state index in [0.29, 0.717) is 46.2 Å². The highest BCUT2D eigenvalue weighted by atomic mass is 19.1. The summed E-state index contributed by atoms with van der Waals surface area (Å²) in [5, 5.41) is 10.4. The number of nitrogens with zero attached hydrogens (tertiary/aromatic N) is 5. The molecule has 0 spiro atoms. The number of hydrogen-bond donors (Lipinski definition) is 2. The predicted octanol–water partition coefficient (Wildman–Crippen LogP) is 3.15. The van der Waals surface area contributed by atoms with Crippen LogP contribution in [0, 0.1) is 11.6 Å². The van der Waals surface area contributed by atoms with Gasteiger partial charge in [-0.2, -0.15) is 4.98 Å². The van der Waals surface area contributed by atoms with Gasteiger partial charge in [-0.1, -0.05) is 6.07 Å². The molecule has 5 aromatic rings. The second-order valence-corrected chi connectivity index (χ2v) is 7.84. The van der Waals surface area contributed by atoms with Gasteiger partial charge in [0.2, 0.25) is 5.95 Å². The van der Waals surface area contributed by atoms with Crippen LogP contribution in [0.25, 0.3) is 28.1 Å². The summed E-state index contributed by atoms with van der Waals surface area (Å²) in [6.07, 6.45) is 3.10. The zero-order chi connectivity index (χ0) is 22.0. The molecule has 32 heavy (non-hydrogen) atoms. The Morgan fingerprint density at radius 1 is 1.03 bits per heavy atom. The summed E-state index contributed by atoms with van der Waals surface area (Å²) in [4.78, 5) is 28.8. The summed E-state index contributed by atoms with van der Waals surface area (Å²) < 4.78 is 30.8. The minimum absolute atomic E-state index is 0.216. The molecular weight excluding hydrogens is 418 g/mol. The van der Waals surface area contributed by atoms with Gasteiger partial charge >= 0.3 is 5.69 Å². The van der Waals surface area contributed by atoms with Crippen molar-refractivity contribution in [2.75, 3.05) is 0 Å². The maximum absolute atomic E-state index is 14.0. The van der Waals surface area contributed by atoms with E-state index >= 15 is 0 Å². The van der Waals surface area contributed by atoms with Crippen LogP contribution in [0.5, 0.6) is 0 Å². The number of benzene rings is 2. The molecule has 0 bridgehead atoms. The average molecular weight is 434 g/mol. The smallest absolute Gasteiger partial charge is 0.328 e. The zero-order valence-electron chi connectivity index (χ0n) is 16.5. The highest BCUT2D eigenvalue weighted by Crippen LogP contribution is 2.39. The van der Waals surface area contributed by atoms with E-state index in [1.165, 1.54) is 45.9 Å². The summed E-state index contributed by atoms with van der Waals surface area (Å²) in [5.74, 6) is -0.648. The third-order valence-corrected chi connectivity index (χ3v) is 5.96. The number of fused-ring (bicyclic) bond motifs is 3. The standard InChI is InChI=1S/C22H16F2N6O2/c23-11-1-3-13-14(7-11)17(5-6-19(13)31)30-20-16(27-22(30)32)9-25-21(28-20)29-10-26-15-4-2-12(24)8-18(15)29/h1-4,7-10,17,19,31H,5-6H2,(H,27,32). The zero-order valence-corrected chi connectivity index (χ0v) is 16.5. The van der Waals surface area contributed by atoms with Crippen molar-refractivity contribution in [1.82, 2.24) is 29.1 Å². The molecule has 3 aromatic heterocycles. The molecule has 6 rings (SSSR count). The number of rotatable bonds is 2. The van der Waals surface area contributed by atoms with Crippen molar-refractivity contribution in [3.8, 4) is 5.95 Å². The van der Waals surface area contributed by atoms with Gasteiger partial charge in [0.25, 0.3) is 0 Å². The topological polar surface area (TPSA) is 102 Å². The van der Waals surface area contributed by atoms with Gasteiger partial charge in [0.1, 0.15) is 23.5 Å². The number of hydrogen-bond acceptors (Lipinski definition) is 5. The lowest BCUT2D eigenvalue weighted by molar-refractivity contribution is 0.147. The number of aliphatic hydroxyl groups excluding tert-OH is 1. The lowest BCUT2D eigenvalue weighted by atomic mass is 9.85. The fourth-order valence-corrected chi connectivity index (χ4v) is 4.49. The van der Waals surface area contributed by atoms with Crippen molar-refractivity contribution in [2.24, 2.45) is 0 Å². The second kappa shape index (κ2) is 6.79. The van der Waals surface area contributed by atoms with E-state index in [2.05, 4.69) is 19.9 Å². The predicted molar refractivity (Wildman–Crippen MR) is 111 cm³/mol. The normalized spacial score (nSPS) is 18.3. The number of H-pyrrole nitrogens is 1. The average Bonchev–Trinajstić information content (AvgIpc) is 3.33. The molecule has 0 aliphatic heterocycles. The van der Waals surface area contributed by atoms with Crippen LogP contribution in [0.3, 0.4) is 0 Å². The molecule has 2 atom stereocenters. The molecule has 0 amide bonds. The number of aromatic nitrogens is 6. The van der Waals surface area contributed by atoms with Crippen molar-refractivity contribution in [3.05, 3.63) is 82.2 Å². The summed E-state index contributed by atoms with van der Waals surface area (Å²) in [6, 6.07) is 7.90. The van der Waals surface area contributed by atoms with Crippen LogP contribution in [-0.4, -0.2) is 34.2 Å². The summed E-state index contributed by atoms with van der Waals surface area (Å²) in [7, 11) is 0. The molecule has 2 unspecified atom stereocenters. The van der Waals surface area contributed by atoms with Crippen molar-refractivity contribution in [2.45, 2.75) is 25.0 Å². The van der Waals surface area contributed by atoms with Gasteiger partial charge in [-0.05, 0) is 48.2 Å². The maximum Gasteiger partial charge on any atom is 0.328 e. The molecule has 10 heteroatoms. The summed E-state index contributed by atoms with van der Waals surface area (Å²) in [6.45, 7) is 0. The van der Waals surface area contributed by atoms with Crippen LogP contribution in [0.1, 0.15) is 36.1 Å². The van der Waals surface area contributed by atoms with Crippen molar-refractivity contribution in [1.29, 1.82) is 0 Å². The minimum atomic E-state index is -0.722. The van der Waals surface area contributed by atoms with E-state index in [-0.39, 0.29) is 5.95 Å². The molecular formula is C22H16F2N6O2. The third-order valence-electron chi connectivity index (χ3n) is 5.96. The van der Waals surface area contributed by atoms with E-state index in [0.717, 1.165) is 0 Å². The molecule has 8 nitrogen and oxygen atoms in total. The first-order chi connectivity index (χ1) is 15.5. The van der Waals surface area contributed by atoms with Gasteiger partial charge in [0.15, 0.2) is 5.65 Å². The lowest BCUT2D eigenvalue weighted by Gasteiger charge is -2.29. The first-order valence-electron chi connectivity index (χ1n) is 10.1. The first-order valence-corrected chi connectivity index (χ1v) is 10.1. The third kappa shape index (κ3) is 2.76. The largest absolute Gasteiger partial charge is 0.388 e. The number of aliphatic hydroxyl groups is 1. The Balaban J connectivity index is 1.56. The van der Waals surface area contributed by atoms with Crippen molar-refractivity contribution >= 4 is 22.2 Å². The fourth-order valence-electron chi connectivity index (χ4n) is 4.49. The number of nitrogens with one attached hydrogen (secondary N) is 1. The Labute approximate surface area is 178 Å². The maximum atomic E-state index is 14.0. The van der Waals surface area contributed by atoms with Crippen molar-refractivity contribution in [3.63, 3.8) is 0 Å². The highest BCUT2D eigenvalue weighted by molar-refractivity contribution is 5.77. The number of imidazole rings is 2. The molecule has 3 heterocycles. The minimum Gasteiger partial charge on any atom is -0.388 e. The van der Waals surface area contributed by atoms with Crippen LogP contribution < -0.4 is 5.69 Å². The Kier molecular flexibility index (Phi) is 3.99. The van der Waals surface area contributed by atoms with Crippen LogP contribution >= 0.6 is 0 Å². The van der Waals surface area contributed by atoms with Gasteiger partial charge in [0, 0.05) is 6.07 Å². The number of halogens is 2. The van der Waals surface area contributed by atoms with E-state index in [4.69, 9.17) is 0 Å². The molecule has 2 N–H and O–H groups in total. The quantitative estimate of drug-likeness (QED) is 0.445. The van der Waals surface area contributed by atoms with E-state index in [9.17, 15) is 18.7 Å². The molecule has 2 aromatic carbocycles. The highest BCUT2D eigenvalue weighted by Gasteiger charge is 2.30. The van der Waals surface area contributed by atoms with Gasteiger partial charge < -0.3 is 10.1 Å². The van der Waals surface area contributed by atoms with Crippen LogP contribution in [-0.2, 0) is 0 Å². The Morgan fingerprint density at radius 2 is 1.84 bits per heavy atom. The SMILES string of the molecule is O=c1[nH]c2cnc(-n3cnc4ccc(F)cc43)nc2n1C1CCC(O)c2ccc(F)cc21. The van der Waals surface area contributed by atoms with Gasteiger partial charge in [-0.15, -0.1) is 0 Å². The first kappa shape index (κ1) is 18.8. The molecule has 1 aliphatic rings. The molecule has 0 saturated heterocycles. The van der Waals surface area contributed by atoms with E-state index < -0.39 is 29.5 Å². The van der Waals surface area contributed by atoms with Crippen LogP contribution in [0.15, 0.2) is 53.7 Å². The van der Waals surface area contributed by atoms with Gasteiger partial charge in [-0.3, -0.25) is 9.13 Å². The van der Waals surface area contributed by atoms with Gasteiger partial charge in [-0.25, -0.2) is 23.5 Å². The van der Waals surface area contributed by atoms with Gasteiger partial charge in [0.05, 0.1) is 29.4 Å². The van der Waals surface area contributed by atoms with E-state index in [1.54, 1.807) is 12.1 Å². The molecule has 160 valence electrons. The fraction of sp³-hybridized carbons (Fsp3) is 0.182. The molecule has 1 aliphatic carbocycles. The lowest BCUT2D eigenvalue weighted by Crippen LogP contribution is -2.28. The van der Waals surface area contributed by atoms with Crippen LogP contribution in [0.4, 0.5) is 8.78 Å². The van der Waals surface area contributed by atoms with Crippen LogP contribution in [0.2, 0.25) is 0 Å². The molecule has 0 radical (unpaired) electrons. The summed E-state index contributed by atoms with van der Waals surface area (Å²) in [5.41, 5.74) is 2.53. The summed E-state index contributed by atoms with van der Waals surface area (Å²) >= 11 is 0. The molecule has 0 saturated carbocycles. The monoisotopic (exact) mass is 434 g/mol. The number of aromatic amines is 1. The Hall–Kier alpha value is -3.92. The Bertz CT molecular complexity index is 1570. The second-order valence-electron chi connectivity index (χ2n) is 7.84. The van der Waals surface area contributed by atoms with Crippen molar-refractivity contribution < 1.29 is 13.9 Å². The van der Waals surface area contributed by atoms with E-state index in [1.807, 2.05) is 0 Å².